The second-order valence-corrected chi connectivity index (χ2v) is 10.5. The zero-order valence-electron chi connectivity index (χ0n) is 21.4. The van der Waals surface area contributed by atoms with Crippen LogP contribution in [-0.4, -0.2) is 61.2 Å². The zero-order chi connectivity index (χ0) is 26.3. The molecule has 11 nitrogen and oxygen atoms in total. The predicted molar refractivity (Wildman–Crippen MR) is 141 cm³/mol. The third kappa shape index (κ3) is 4.82. The van der Waals surface area contributed by atoms with E-state index in [1.165, 1.54) is 12.1 Å². The number of non-ortho nitro benzene ring substituents is 1. The molecule has 4 aromatic rings. The molecule has 0 radical (unpaired) electrons. The molecule has 0 unspecified atom stereocenters. The van der Waals surface area contributed by atoms with Crippen molar-refractivity contribution in [2.24, 2.45) is 0 Å². The molecule has 1 atom stereocenters. The first-order chi connectivity index (χ1) is 17.6. The molecule has 1 saturated heterocycles. The minimum atomic E-state index is -0.442. The number of pyridine rings is 1. The van der Waals surface area contributed by atoms with Crippen LogP contribution in [0.3, 0.4) is 0 Å². The number of H-pyrrole nitrogens is 1. The summed E-state index contributed by atoms with van der Waals surface area (Å²) in [6.45, 7) is 10.8. The molecule has 1 aliphatic heterocycles. The maximum absolute atomic E-state index is 13.4. The summed E-state index contributed by atoms with van der Waals surface area (Å²) < 4.78 is 1.79. The van der Waals surface area contributed by atoms with E-state index in [1.54, 1.807) is 16.8 Å². The van der Waals surface area contributed by atoms with Crippen LogP contribution in [0.5, 0.6) is 0 Å². The molecule has 1 fully saturated rings. The third-order valence-corrected chi connectivity index (χ3v) is 6.80. The number of fused-ring (bicyclic) bond motifs is 1. The highest BCUT2D eigenvalue weighted by Gasteiger charge is 2.35. The number of rotatable bonds is 5. The number of hydrogen-bond donors (Lipinski definition) is 1. The van der Waals surface area contributed by atoms with Gasteiger partial charge < -0.3 is 9.88 Å². The lowest BCUT2D eigenvalue weighted by Crippen LogP contribution is -2.49. The lowest BCUT2D eigenvalue weighted by atomic mass is 10.0. The summed E-state index contributed by atoms with van der Waals surface area (Å²) in [5.74, 6) is 0.619. The molecule has 37 heavy (non-hydrogen) atoms. The smallest absolute Gasteiger partial charge is 0.269 e. The number of piperazine rings is 1. The number of hydrogen-bond acceptors (Lipinski definition) is 8. The van der Waals surface area contributed by atoms with Crippen molar-refractivity contribution in [1.82, 2.24) is 30.1 Å². The highest BCUT2D eigenvalue weighted by atomic mass is 16.6. The Morgan fingerprint density at radius 1 is 1.03 bits per heavy atom. The topological polar surface area (TPSA) is 126 Å². The largest absolute Gasteiger partial charge is 0.369 e. The lowest BCUT2D eigenvalue weighted by Gasteiger charge is -2.40. The van der Waals surface area contributed by atoms with Gasteiger partial charge in [0.1, 0.15) is 6.04 Å². The fourth-order valence-corrected chi connectivity index (χ4v) is 4.90. The van der Waals surface area contributed by atoms with E-state index in [0.29, 0.717) is 37.6 Å². The van der Waals surface area contributed by atoms with E-state index in [-0.39, 0.29) is 16.8 Å². The van der Waals surface area contributed by atoms with Crippen molar-refractivity contribution in [3.63, 3.8) is 0 Å². The van der Waals surface area contributed by atoms with Crippen LogP contribution in [0.1, 0.15) is 43.8 Å². The first-order valence-corrected chi connectivity index (χ1v) is 12.3. The quantitative estimate of drug-likeness (QED) is 0.325. The van der Waals surface area contributed by atoms with E-state index in [4.69, 9.17) is 0 Å². The van der Waals surface area contributed by atoms with Crippen molar-refractivity contribution in [3.05, 3.63) is 86.0 Å². The Hall–Kier alpha value is -4.12. The van der Waals surface area contributed by atoms with Gasteiger partial charge in [-0.25, -0.2) is 4.68 Å². The van der Waals surface area contributed by atoms with Crippen LogP contribution in [0, 0.1) is 17.0 Å². The zero-order valence-corrected chi connectivity index (χ0v) is 21.4. The number of anilines is 1. The predicted octanol–water partition coefficient (Wildman–Crippen LogP) is 3.40. The minimum Gasteiger partial charge on any atom is -0.369 e. The van der Waals surface area contributed by atoms with Gasteiger partial charge in [-0.15, -0.1) is 5.10 Å². The second kappa shape index (κ2) is 9.40. The van der Waals surface area contributed by atoms with Gasteiger partial charge in [0.15, 0.2) is 5.82 Å². The fourth-order valence-electron chi connectivity index (χ4n) is 4.90. The number of aryl methyl sites for hydroxylation is 1. The molecular formula is C26H30N8O3. The third-order valence-electron chi connectivity index (χ3n) is 6.80. The number of nitrogens with zero attached hydrogens (tertiary/aromatic N) is 7. The van der Waals surface area contributed by atoms with Gasteiger partial charge in [-0.05, 0) is 73.3 Å². The average molecular weight is 503 g/mol. The van der Waals surface area contributed by atoms with Crippen LogP contribution in [0.2, 0.25) is 0 Å². The fraction of sp³-hybridized carbons (Fsp3) is 0.385. The molecule has 0 saturated carbocycles. The van der Waals surface area contributed by atoms with Gasteiger partial charge in [-0.3, -0.25) is 19.8 Å². The summed E-state index contributed by atoms with van der Waals surface area (Å²) in [4.78, 5) is 31.5. The molecule has 5 rings (SSSR count). The van der Waals surface area contributed by atoms with Gasteiger partial charge >= 0.3 is 0 Å². The molecule has 11 heteroatoms. The number of nitrogens with one attached hydrogen (secondary N) is 1. The Morgan fingerprint density at radius 2 is 1.73 bits per heavy atom. The molecule has 1 aliphatic rings. The average Bonchev–Trinajstić information content (AvgIpc) is 3.35. The molecule has 3 heterocycles. The van der Waals surface area contributed by atoms with Crippen LogP contribution in [0.4, 0.5) is 11.4 Å². The van der Waals surface area contributed by atoms with Crippen molar-refractivity contribution in [3.8, 4) is 0 Å². The lowest BCUT2D eigenvalue weighted by molar-refractivity contribution is -0.384. The number of nitro groups is 1. The number of aromatic amines is 1. The van der Waals surface area contributed by atoms with E-state index in [1.807, 2.05) is 52.0 Å². The number of tetrazole rings is 1. The summed E-state index contributed by atoms with van der Waals surface area (Å²) in [6, 6.07) is 14.1. The Labute approximate surface area is 213 Å². The monoisotopic (exact) mass is 502 g/mol. The van der Waals surface area contributed by atoms with Crippen molar-refractivity contribution in [1.29, 1.82) is 0 Å². The summed E-state index contributed by atoms with van der Waals surface area (Å²) in [5.41, 5.74) is 2.93. The van der Waals surface area contributed by atoms with E-state index in [0.717, 1.165) is 22.2 Å². The molecule has 0 spiro atoms. The summed E-state index contributed by atoms with van der Waals surface area (Å²) in [5, 5.41) is 24.6. The first kappa shape index (κ1) is 24.6. The Balaban J connectivity index is 1.51. The Kier molecular flexibility index (Phi) is 6.24. The minimum absolute atomic E-state index is 0.0715. The first-order valence-electron chi connectivity index (χ1n) is 12.3. The Bertz CT molecular complexity index is 1500. The molecule has 1 N–H and O–H groups in total. The van der Waals surface area contributed by atoms with Gasteiger partial charge in [0.05, 0.1) is 10.5 Å². The van der Waals surface area contributed by atoms with Gasteiger partial charge in [0, 0.05) is 55.1 Å². The van der Waals surface area contributed by atoms with E-state index >= 15 is 0 Å². The molecule has 192 valence electrons. The number of nitro benzene ring substituents is 1. The van der Waals surface area contributed by atoms with Crippen LogP contribution < -0.4 is 10.5 Å². The number of aromatic nitrogens is 5. The van der Waals surface area contributed by atoms with Gasteiger partial charge in [0.2, 0.25) is 0 Å². The normalized spacial score (nSPS) is 15.7. The van der Waals surface area contributed by atoms with Gasteiger partial charge in [0.25, 0.3) is 11.2 Å². The van der Waals surface area contributed by atoms with Crippen molar-refractivity contribution < 1.29 is 4.92 Å². The standard InChI is InChI=1S/C26H30N8O3/c1-17-5-6-18-16-21(25(35)27-22(18)15-17)23(24-28-29-30-33(24)26(2,3)4)32-13-11-31(12-14-32)19-7-9-20(10-8-19)34(36)37/h5-10,15-16,23H,11-14H2,1-4H3,(H,27,35)/t23-/m1/s1. The highest BCUT2D eigenvalue weighted by molar-refractivity contribution is 5.79. The summed E-state index contributed by atoms with van der Waals surface area (Å²) in [7, 11) is 0. The van der Waals surface area contributed by atoms with Gasteiger partial charge in [-0.2, -0.15) is 0 Å². The Morgan fingerprint density at radius 3 is 2.38 bits per heavy atom. The van der Waals surface area contributed by atoms with E-state index in [9.17, 15) is 14.9 Å². The number of benzene rings is 2. The SMILES string of the molecule is Cc1ccc2cc([C@H](c3nnnn3C(C)(C)C)N3CCN(c4ccc([N+](=O)[O-])cc4)CC3)c(=O)[nH]c2c1. The molecular weight excluding hydrogens is 472 g/mol. The van der Waals surface area contributed by atoms with Crippen molar-refractivity contribution in [2.75, 3.05) is 31.1 Å². The van der Waals surface area contributed by atoms with Gasteiger partial charge in [-0.1, -0.05) is 12.1 Å². The van der Waals surface area contributed by atoms with Crippen molar-refractivity contribution in [2.45, 2.75) is 39.3 Å². The highest BCUT2D eigenvalue weighted by Crippen LogP contribution is 2.31. The van der Waals surface area contributed by atoms with Crippen LogP contribution in [0.25, 0.3) is 10.9 Å². The van der Waals surface area contributed by atoms with Crippen LogP contribution in [-0.2, 0) is 5.54 Å². The maximum atomic E-state index is 13.4. The van der Waals surface area contributed by atoms with E-state index in [2.05, 4.69) is 30.3 Å². The van der Waals surface area contributed by atoms with Crippen LogP contribution >= 0.6 is 0 Å². The maximum Gasteiger partial charge on any atom is 0.269 e. The molecule has 2 aromatic heterocycles. The second-order valence-electron chi connectivity index (χ2n) is 10.5. The van der Waals surface area contributed by atoms with E-state index < -0.39 is 11.0 Å². The summed E-state index contributed by atoms with van der Waals surface area (Å²) in [6.07, 6.45) is 0. The molecule has 0 bridgehead atoms. The van der Waals surface area contributed by atoms with Crippen LogP contribution in [0.15, 0.2) is 53.3 Å². The molecule has 0 amide bonds. The van der Waals surface area contributed by atoms with Crippen molar-refractivity contribution >= 4 is 22.3 Å². The summed E-state index contributed by atoms with van der Waals surface area (Å²) >= 11 is 0. The molecule has 2 aromatic carbocycles. The molecule has 0 aliphatic carbocycles.